The minimum Gasteiger partial charge on any atom is -0.497 e. The predicted molar refractivity (Wildman–Crippen MR) is 101 cm³/mol. The molecule has 134 valence electrons. The second kappa shape index (κ2) is 8.05. The number of benzene rings is 2. The van der Waals surface area contributed by atoms with E-state index in [1.807, 2.05) is 53.1 Å². The van der Waals surface area contributed by atoms with Crippen molar-refractivity contribution in [2.24, 2.45) is 0 Å². The van der Waals surface area contributed by atoms with Crippen LogP contribution in [-0.2, 0) is 4.79 Å². The van der Waals surface area contributed by atoms with E-state index in [1.165, 1.54) is 11.8 Å². The van der Waals surface area contributed by atoms with Gasteiger partial charge in [-0.3, -0.25) is 9.36 Å². The number of thioether (sulfide) groups is 1. The van der Waals surface area contributed by atoms with Gasteiger partial charge in [0.05, 0.1) is 31.2 Å². The van der Waals surface area contributed by atoms with Crippen molar-refractivity contribution in [2.75, 3.05) is 20.0 Å². The van der Waals surface area contributed by atoms with Gasteiger partial charge in [-0.1, -0.05) is 23.9 Å². The molecule has 26 heavy (non-hydrogen) atoms. The minimum atomic E-state index is 0.0816. The number of hydrogen-bond acceptors (Lipinski definition) is 6. The number of para-hydroxylation sites is 1. The van der Waals surface area contributed by atoms with Crippen molar-refractivity contribution in [3.63, 3.8) is 0 Å². The molecule has 0 saturated heterocycles. The molecule has 0 aliphatic carbocycles. The quantitative estimate of drug-likeness (QED) is 0.593. The molecule has 7 heteroatoms. The Morgan fingerprint density at radius 3 is 2.42 bits per heavy atom. The molecule has 0 spiro atoms. The van der Waals surface area contributed by atoms with E-state index in [0.29, 0.717) is 22.5 Å². The van der Waals surface area contributed by atoms with Crippen LogP contribution in [0.5, 0.6) is 11.5 Å². The highest BCUT2D eigenvalue weighted by molar-refractivity contribution is 7.99. The number of carbonyl (C=O) groups is 1. The van der Waals surface area contributed by atoms with Crippen LogP contribution in [0.4, 0.5) is 0 Å². The lowest BCUT2D eigenvalue weighted by atomic mass is 10.2. The predicted octanol–water partition coefficient (Wildman–Crippen LogP) is 3.63. The van der Waals surface area contributed by atoms with Crippen LogP contribution in [0.15, 0.2) is 53.7 Å². The molecule has 0 unspecified atom stereocenters. The van der Waals surface area contributed by atoms with Crippen LogP contribution in [0.25, 0.3) is 17.1 Å². The fraction of sp³-hybridized carbons (Fsp3) is 0.211. The SMILES string of the molecule is COc1ccc(-n2c(SCC(C)=O)nnc2-c2ccccc2OC)cc1. The summed E-state index contributed by atoms with van der Waals surface area (Å²) in [5.74, 6) is 2.54. The van der Waals surface area contributed by atoms with Crippen LogP contribution in [-0.4, -0.2) is 40.5 Å². The molecule has 0 N–H and O–H groups in total. The molecule has 3 rings (SSSR count). The van der Waals surface area contributed by atoms with Gasteiger partial charge in [0.1, 0.15) is 17.3 Å². The van der Waals surface area contributed by atoms with E-state index in [9.17, 15) is 4.79 Å². The molecule has 0 bridgehead atoms. The first-order valence-electron chi connectivity index (χ1n) is 7.99. The van der Waals surface area contributed by atoms with Gasteiger partial charge in [0.2, 0.25) is 0 Å². The largest absolute Gasteiger partial charge is 0.497 e. The maximum Gasteiger partial charge on any atom is 0.196 e. The maximum absolute atomic E-state index is 11.4. The second-order valence-corrected chi connectivity index (χ2v) is 6.47. The number of ether oxygens (including phenoxy) is 2. The Balaban J connectivity index is 2.13. The Morgan fingerprint density at radius 1 is 1.04 bits per heavy atom. The number of aromatic nitrogens is 3. The molecular weight excluding hydrogens is 350 g/mol. The van der Waals surface area contributed by atoms with Crippen LogP contribution >= 0.6 is 11.8 Å². The summed E-state index contributed by atoms with van der Waals surface area (Å²) in [6, 6.07) is 15.3. The Labute approximate surface area is 156 Å². The highest BCUT2D eigenvalue weighted by atomic mass is 32.2. The standard InChI is InChI=1S/C19H19N3O3S/c1-13(23)12-26-19-21-20-18(16-6-4-5-7-17(16)25-3)22(19)14-8-10-15(24-2)11-9-14/h4-11H,12H2,1-3H3. The van der Waals surface area contributed by atoms with Gasteiger partial charge in [-0.25, -0.2) is 0 Å². The van der Waals surface area contributed by atoms with Crippen LogP contribution in [0.1, 0.15) is 6.92 Å². The number of methoxy groups -OCH3 is 2. The van der Waals surface area contributed by atoms with Crippen LogP contribution in [0.2, 0.25) is 0 Å². The molecule has 6 nitrogen and oxygen atoms in total. The van der Waals surface area contributed by atoms with E-state index in [-0.39, 0.29) is 5.78 Å². The zero-order valence-corrected chi connectivity index (χ0v) is 15.6. The molecule has 0 aliphatic heterocycles. The third kappa shape index (κ3) is 3.72. The fourth-order valence-electron chi connectivity index (χ4n) is 2.50. The Bertz CT molecular complexity index is 907. The smallest absolute Gasteiger partial charge is 0.196 e. The molecule has 3 aromatic rings. The van der Waals surface area contributed by atoms with Gasteiger partial charge in [0.25, 0.3) is 0 Å². The third-order valence-electron chi connectivity index (χ3n) is 3.72. The normalized spacial score (nSPS) is 10.6. The monoisotopic (exact) mass is 369 g/mol. The first-order chi connectivity index (χ1) is 12.6. The first-order valence-corrected chi connectivity index (χ1v) is 8.98. The van der Waals surface area contributed by atoms with Crippen LogP contribution in [0.3, 0.4) is 0 Å². The van der Waals surface area contributed by atoms with Gasteiger partial charge in [-0.05, 0) is 43.3 Å². The van der Waals surface area contributed by atoms with Crippen LogP contribution < -0.4 is 9.47 Å². The highest BCUT2D eigenvalue weighted by Crippen LogP contribution is 2.33. The van der Waals surface area contributed by atoms with E-state index in [4.69, 9.17) is 9.47 Å². The molecule has 2 aromatic carbocycles. The van der Waals surface area contributed by atoms with E-state index < -0.39 is 0 Å². The number of rotatable bonds is 7. The lowest BCUT2D eigenvalue weighted by Gasteiger charge is -2.12. The summed E-state index contributed by atoms with van der Waals surface area (Å²) in [7, 11) is 3.25. The fourth-order valence-corrected chi connectivity index (χ4v) is 3.25. The first kappa shape index (κ1) is 18.0. The zero-order chi connectivity index (χ0) is 18.5. The average Bonchev–Trinajstić information content (AvgIpc) is 3.10. The van der Waals surface area contributed by atoms with E-state index >= 15 is 0 Å². The van der Waals surface area contributed by atoms with Gasteiger partial charge in [0, 0.05) is 0 Å². The van der Waals surface area contributed by atoms with Crippen molar-refractivity contribution in [1.29, 1.82) is 0 Å². The maximum atomic E-state index is 11.4. The number of carbonyl (C=O) groups excluding carboxylic acids is 1. The Morgan fingerprint density at radius 2 is 1.77 bits per heavy atom. The summed E-state index contributed by atoms with van der Waals surface area (Å²) in [5.41, 5.74) is 1.70. The summed E-state index contributed by atoms with van der Waals surface area (Å²) < 4.78 is 12.6. The molecule has 1 aromatic heterocycles. The topological polar surface area (TPSA) is 66.2 Å². The van der Waals surface area contributed by atoms with Crippen molar-refractivity contribution in [3.8, 4) is 28.6 Å². The minimum absolute atomic E-state index is 0.0816. The van der Waals surface area contributed by atoms with E-state index in [2.05, 4.69) is 10.2 Å². The van der Waals surface area contributed by atoms with Crippen molar-refractivity contribution >= 4 is 17.5 Å². The van der Waals surface area contributed by atoms with Crippen molar-refractivity contribution < 1.29 is 14.3 Å². The molecule has 1 heterocycles. The number of nitrogens with zero attached hydrogens (tertiary/aromatic N) is 3. The molecule has 0 aliphatic rings. The third-order valence-corrected chi connectivity index (χ3v) is 4.79. The average molecular weight is 369 g/mol. The highest BCUT2D eigenvalue weighted by Gasteiger charge is 2.19. The summed E-state index contributed by atoms with van der Waals surface area (Å²) in [4.78, 5) is 11.4. The lowest BCUT2D eigenvalue weighted by Crippen LogP contribution is -2.02. The summed E-state index contributed by atoms with van der Waals surface area (Å²) in [6.07, 6.45) is 0. The number of ketones is 1. The van der Waals surface area contributed by atoms with Gasteiger partial charge in [0.15, 0.2) is 11.0 Å². The summed E-state index contributed by atoms with van der Waals surface area (Å²) in [6.45, 7) is 1.56. The number of hydrogen-bond donors (Lipinski definition) is 0. The van der Waals surface area contributed by atoms with E-state index in [1.54, 1.807) is 21.1 Å². The van der Waals surface area contributed by atoms with Crippen molar-refractivity contribution in [1.82, 2.24) is 14.8 Å². The van der Waals surface area contributed by atoms with Crippen molar-refractivity contribution in [2.45, 2.75) is 12.1 Å². The lowest BCUT2D eigenvalue weighted by molar-refractivity contribution is -0.114. The molecule has 0 saturated carbocycles. The molecular formula is C19H19N3O3S. The van der Waals surface area contributed by atoms with Gasteiger partial charge in [-0.2, -0.15) is 0 Å². The van der Waals surface area contributed by atoms with Gasteiger partial charge in [-0.15, -0.1) is 10.2 Å². The summed E-state index contributed by atoms with van der Waals surface area (Å²) in [5, 5.41) is 9.30. The van der Waals surface area contributed by atoms with E-state index in [0.717, 1.165) is 17.0 Å². The zero-order valence-electron chi connectivity index (χ0n) is 14.8. The second-order valence-electron chi connectivity index (χ2n) is 5.53. The summed E-state index contributed by atoms with van der Waals surface area (Å²) >= 11 is 1.36. The molecule has 0 atom stereocenters. The molecule has 0 radical (unpaired) electrons. The van der Waals surface area contributed by atoms with Crippen molar-refractivity contribution in [3.05, 3.63) is 48.5 Å². The molecule has 0 amide bonds. The number of Topliss-reactive ketones (excluding diaryl/α,β-unsaturated/α-hetero) is 1. The van der Waals surface area contributed by atoms with Crippen LogP contribution in [0, 0.1) is 0 Å². The van der Waals surface area contributed by atoms with Gasteiger partial charge >= 0.3 is 0 Å². The van der Waals surface area contributed by atoms with Gasteiger partial charge < -0.3 is 9.47 Å². The Kier molecular flexibility index (Phi) is 5.58. The molecule has 0 fully saturated rings. The Hall–Kier alpha value is -2.80.